The lowest BCUT2D eigenvalue weighted by Gasteiger charge is -2.06. The van der Waals surface area contributed by atoms with Crippen LogP contribution in [-0.2, 0) is 9.53 Å². The number of carbonyl (C=O) groups is 2. The molecule has 2 N–H and O–H groups in total. The van der Waals surface area contributed by atoms with Crippen molar-refractivity contribution >= 4 is 12.1 Å². The van der Waals surface area contributed by atoms with Crippen molar-refractivity contribution in [3.63, 3.8) is 0 Å². The van der Waals surface area contributed by atoms with Gasteiger partial charge < -0.3 is 15.2 Å². The van der Waals surface area contributed by atoms with E-state index in [1.807, 2.05) is 0 Å². The van der Waals surface area contributed by atoms with Crippen LogP contribution >= 0.6 is 0 Å². The number of amides is 1. The summed E-state index contributed by atoms with van der Waals surface area (Å²) in [4.78, 5) is 21.9. The van der Waals surface area contributed by atoms with Gasteiger partial charge in [-0.15, -0.1) is 0 Å². The molecule has 0 saturated heterocycles. The van der Waals surface area contributed by atoms with Gasteiger partial charge in [-0.1, -0.05) is 103 Å². The van der Waals surface area contributed by atoms with Crippen molar-refractivity contribution in [2.75, 3.05) is 13.2 Å². The molecule has 0 spiro atoms. The van der Waals surface area contributed by atoms with Gasteiger partial charge in [-0.3, -0.25) is 4.79 Å². The van der Waals surface area contributed by atoms with E-state index in [4.69, 9.17) is 9.84 Å². The number of ether oxygens (including phenoxy) is 1. The summed E-state index contributed by atoms with van der Waals surface area (Å²) in [6, 6.07) is 0. The minimum Gasteiger partial charge on any atom is -0.466 e. The molecule has 0 fully saturated rings. The molecule has 5 nitrogen and oxygen atoms in total. The summed E-state index contributed by atoms with van der Waals surface area (Å²) in [5.41, 5.74) is 0. The Balaban J connectivity index is 3.15. The van der Waals surface area contributed by atoms with Gasteiger partial charge in [0.1, 0.15) is 0 Å². The van der Waals surface area contributed by atoms with Crippen LogP contribution in [0.3, 0.4) is 0 Å². The summed E-state index contributed by atoms with van der Waals surface area (Å²) in [7, 11) is 0. The quantitative estimate of drug-likeness (QED) is 0.145. The van der Waals surface area contributed by atoms with Crippen molar-refractivity contribution in [1.82, 2.24) is 5.32 Å². The van der Waals surface area contributed by atoms with E-state index in [0.29, 0.717) is 19.6 Å². The summed E-state index contributed by atoms with van der Waals surface area (Å²) < 4.78 is 5.28. The highest BCUT2D eigenvalue weighted by atomic mass is 16.5. The van der Waals surface area contributed by atoms with E-state index in [1.54, 1.807) is 0 Å². The molecule has 0 saturated carbocycles. The summed E-state index contributed by atoms with van der Waals surface area (Å²) in [6.07, 6.45) is 21.6. The molecule has 0 aliphatic carbocycles. The minimum absolute atomic E-state index is 0.0941. The van der Waals surface area contributed by atoms with Crippen LogP contribution in [-0.4, -0.2) is 30.3 Å². The Morgan fingerprint density at radius 2 is 1.10 bits per heavy atom. The van der Waals surface area contributed by atoms with Crippen LogP contribution in [0.1, 0.15) is 129 Å². The Bertz CT molecular complexity index is 374. The highest BCUT2D eigenvalue weighted by molar-refractivity contribution is 5.69. The second kappa shape index (κ2) is 23.0. The Kier molecular flexibility index (Phi) is 22.0. The van der Waals surface area contributed by atoms with Gasteiger partial charge in [-0.2, -0.15) is 0 Å². The van der Waals surface area contributed by atoms with Gasteiger partial charge in [-0.25, -0.2) is 4.79 Å². The Labute approximate surface area is 179 Å². The highest BCUT2D eigenvalue weighted by Crippen LogP contribution is 2.13. The van der Waals surface area contributed by atoms with E-state index in [0.717, 1.165) is 38.5 Å². The maximum absolute atomic E-state index is 11.6. The summed E-state index contributed by atoms with van der Waals surface area (Å²) in [5, 5.41) is 10.8. The molecule has 0 aromatic carbocycles. The molecule has 0 bridgehead atoms. The van der Waals surface area contributed by atoms with Crippen LogP contribution in [0.2, 0.25) is 0 Å². The molecule has 5 heteroatoms. The summed E-state index contributed by atoms with van der Waals surface area (Å²) in [6.45, 7) is 3.31. The average molecular weight is 414 g/mol. The number of nitrogens with one attached hydrogen (secondary N) is 1. The third kappa shape index (κ3) is 24.7. The molecule has 0 atom stereocenters. The van der Waals surface area contributed by atoms with Gasteiger partial charge in [0.05, 0.1) is 6.61 Å². The normalized spacial score (nSPS) is 10.8. The molecule has 0 heterocycles. The fourth-order valence-corrected chi connectivity index (χ4v) is 3.50. The second-order valence-electron chi connectivity index (χ2n) is 8.21. The molecule has 172 valence electrons. The van der Waals surface area contributed by atoms with E-state index >= 15 is 0 Å². The van der Waals surface area contributed by atoms with Crippen molar-refractivity contribution in [2.24, 2.45) is 0 Å². The van der Waals surface area contributed by atoms with Gasteiger partial charge >= 0.3 is 12.1 Å². The number of rotatable bonds is 22. The van der Waals surface area contributed by atoms with E-state index < -0.39 is 6.09 Å². The van der Waals surface area contributed by atoms with Gasteiger partial charge in [0, 0.05) is 13.0 Å². The zero-order valence-corrected chi connectivity index (χ0v) is 19.0. The lowest BCUT2D eigenvalue weighted by Crippen LogP contribution is -2.21. The number of carboxylic acid groups (broad SMARTS) is 1. The summed E-state index contributed by atoms with van der Waals surface area (Å²) in [5.74, 6) is -0.0941. The molecule has 0 aliphatic rings. The predicted octanol–water partition coefficient (Wildman–Crippen LogP) is 7.23. The molecular formula is C24H47NO4. The minimum atomic E-state index is -0.975. The number of hydrogen-bond donors (Lipinski definition) is 2. The first-order chi connectivity index (χ1) is 14.2. The SMILES string of the molecule is CCCCCCCCCCCCCCCCOC(=O)CCCCCCNC(=O)O. The monoisotopic (exact) mass is 413 g/mol. The first-order valence-electron chi connectivity index (χ1n) is 12.3. The number of hydrogen-bond acceptors (Lipinski definition) is 3. The number of unbranched alkanes of at least 4 members (excludes halogenated alkanes) is 16. The van der Waals surface area contributed by atoms with Crippen LogP contribution in [0.4, 0.5) is 4.79 Å². The molecule has 0 aromatic heterocycles. The van der Waals surface area contributed by atoms with Crippen molar-refractivity contribution < 1.29 is 19.4 Å². The van der Waals surface area contributed by atoms with E-state index in [-0.39, 0.29) is 5.97 Å². The van der Waals surface area contributed by atoms with Crippen molar-refractivity contribution in [3.05, 3.63) is 0 Å². The van der Waals surface area contributed by atoms with Crippen molar-refractivity contribution in [2.45, 2.75) is 129 Å². The molecule has 0 unspecified atom stereocenters. The third-order valence-electron chi connectivity index (χ3n) is 5.34. The molecule has 1 amide bonds. The summed E-state index contributed by atoms with van der Waals surface area (Å²) >= 11 is 0. The van der Waals surface area contributed by atoms with Gasteiger partial charge in [-0.05, 0) is 19.3 Å². The zero-order chi connectivity index (χ0) is 21.4. The standard InChI is InChI=1S/C24H47NO4/c1-2-3-4-5-6-7-8-9-10-11-12-13-16-19-22-29-23(26)20-17-14-15-18-21-25-24(27)28/h25H,2-22H2,1H3,(H,27,28). The Morgan fingerprint density at radius 1 is 0.655 bits per heavy atom. The van der Waals surface area contributed by atoms with Gasteiger partial charge in [0.15, 0.2) is 0 Å². The Morgan fingerprint density at radius 3 is 1.62 bits per heavy atom. The van der Waals surface area contributed by atoms with Crippen LogP contribution in [0.5, 0.6) is 0 Å². The van der Waals surface area contributed by atoms with Crippen LogP contribution in [0, 0.1) is 0 Å². The van der Waals surface area contributed by atoms with E-state index in [9.17, 15) is 9.59 Å². The Hall–Kier alpha value is -1.26. The zero-order valence-electron chi connectivity index (χ0n) is 19.0. The smallest absolute Gasteiger partial charge is 0.404 e. The molecule has 29 heavy (non-hydrogen) atoms. The molecular weight excluding hydrogens is 366 g/mol. The van der Waals surface area contributed by atoms with E-state index in [1.165, 1.54) is 77.0 Å². The van der Waals surface area contributed by atoms with Gasteiger partial charge in [0.2, 0.25) is 0 Å². The van der Waals surface area contributed by atoms with E-state index in [2.05, 4.69) is 12.2 Å². The topological polar surface area (TPSA) is 75.6 Å². The number of carbonyl (C=O) groups excluding carboxylic acids is 1. The highest BCUT2D eigenvalue weighted by Gasteiger charge is 2.02. The molecule has 0 aromatic rings. The number of esters is 1. The van der Waals surface area contributed by atoms with Crippen LogP contribution in [0.25, 0.3) is 0 Å². The molecule has 0 rings (SSSR count). The third-order valence-corrected chi connectivity index (χ3v) is 5.34. The molecule has 0 aliphatic heterocycles. The van der Waals surface area contributed by atoms with Crippen molar-refractivity contribution in [1.29, 1.82) is 0 Å². The maximum Gasteiger partial charge on any atom is 0.404 e. The van der Waals surface area contributed by atoms with Crippen LogP contribution in [0.15, 0.2) is 0 Å². The first kappa shape index (κ1) is 27.7. The first-order valence-corrected chi connectivity index (χ1v) is 12.3. The lowest BCUT2D eigenvalue weighted by molar-refractivity contribution is -0.143. The van der Waals surface area contributed by atoms with Crippen LogP contribution < -0.4 is 5.32 Å². The fraction of sp³-hybridized carbons (Fsp3) is 0.917. The van der Waals surface area contributed by atoms with Crippen molar-refractivity contribution in [3.8, 4) is 0 Å². The largest absolute Gasteiger partial charge is 0.466 e. The fourth-order valence-electron chi connectivity index (χ4n) is 3.50. The van der Waals surface area contributed by atoms with Gasteiger partial charge in [0.25, 0.3) is 0 Å². The maximum atomic E-state index is 11.6. The lowest BCUT2D eigenvalue weighted by atomic mass is 10.0. The molecule has 0 radical (unpaired) electrons. The predicted molar refractivity (Wildman–Crippen MR) is 120 cm³/mol. The average Bonchev–Trinajstić information content (AvgIpc) is 2.70. The second-order valence-corrected chi connectivity index (χ2v) is 8.21.